The molecule has 1 aromatic rings. The summed E-state index contributed by atoms with van der Waals surface area (Å²) < 4.78 is 0. The largest absolute Gasteiger partial charge is 0.480 e. The van der Waals surface area contributed by atoms with Crippen molar-refractivity contribution in [1.82, 2.24) is 0 Å². The van der Waals surface area contributed by atoms with E-state index in [9.17, 15) is 4.79 Å². The number of carbonyl (C=O) groups is 1. The lowest BCUT2D eigenvalue weighted by atomic mass is 9.98. The zero-order valence-electron chi connectivity index (χ0n) is 8.88. The minimum atomic E-state index is -1.02. The second-order valence-electron chi connectivity index (χ2n) is 3.47. The van der Waals surface area contributed by atoms with Gasteiger partial charge in [-0.3, -0.25) is 4.79 Å². The lowest BCUT2D eigenvalue weighted by molar-refractivity contribution is -0.138. The Bertz CT molecular complexity index is 412. The fourth-order valence-electron chi connectivity index (χ4n) is 1.44. The van der Waals surface area contributed by atoms with E-state index in [1.165, 1.54) is 0 Å². The fraction of sp³-hybridized carbons (Fsp3) is 0.167. The molecule has 3 N–H and O–H groups in total. The van der Waals surface area contributed by atoms with Crippen LogP contribution in [0.2, 0.25) is 0 Å². The molecule has 0 saturated heterocycles. The Morgan fingerprint density at radius 1 is 1.44 bits per heavy atom. The van der Waals surface area contributed by atoms with E-state index in [4.69, 9.17) is 23.1 Å². The van der Waals surface area contributed by atoms with Crippen molar-refractivity contribution in [2.24, 2.45) is 11.7 Å². The molecule has 0 aromatic heterocycles. The van der Waals surface area contributed by atoms with Crippen LogP contribution in [0.1, 0.15) is 12.5 Å². The molecule has 0 spiro atoms. The average Bonchev–Trinajstić information content (AvgIpc) is 2.17. The summed E-state index contributed by atoms with van der Waals surface area (Å²) >= 11 is 4.74. The number of hydrogen-bond acceptors (Lipinski definition) is 2. The predicted octanol–water partition coefficient (Wildman–Crippen LogP) is 2.08. The third kappa shape index (κ3) is 3.17. The van der Waals surface area contributed by atoms with Gasteiger partial charge in [-0.15, -0.1) is 0 Å². The number of rotatable bonds is 4. The van der Waals surface area contributed by atoms with Crippen LogP contribution in [0.3, 0.4) is 0 Å². The zero-order valence-corrected chi connectivity index (χ0v) is 9.70. The van der Waals surface area contributed by atoms with E-state index in [1.807, 2.05) is 30.3 Å². The van der Waals surface area contributed by atoms with Crippen LogP contribution in [0.4, 0.5) is 0 Å². The molecule has 16 heavy (non-hydrogen) atoms. The first-order valence-electron chi connectivity index (χ1n) is 4.77. The topological polar surface area (TPSA) is 63.3 Å². The Morgan fingerprint density at radius 3 is 2.44 bits per heavy atom. The number of thiocarbonyl (C=S) groups is 1. The third-order valence-electron chi connectivity index (χ3n) is 2.18. The lowest BCUT2D eigenvalue weighted by Crippen LogP contribution is -2.29. The van der Waals surface area contributed by atoms with Crippen LogP contribution in [-0.2, 0) is 4.79 Å². The van der Waals surface area contributed by atoms with Gasteiger partial charge >= 0.3 is 5.97 Å². The molecule has 0 aliphatic rings. The molecule has 0 bridgehead atoms. The average molecular weight is 235 g/mol. The smallest absolute Gasteiger partial charge is 0.317 e. The highest BCUT2D eigenvalue weighted by Gasteiger charge is 2.22. The van der Waals surface area contributed by atoms with Gasteiger partial charge in [-0.25, -0.2) is 0 Å². The number of aliphatic carboxylic acids is 1. The molecular formula is C12H13NO2S. The van der Waals surface area contributed by atoms with Gasteiger partial charge in [0, 0.05) is 0 Å². The van der Waals surface area contributed by atoms with E-state index in [0.717, 1.165) is 5.56 Å². The summed E-state index contributed by atoms with van der Waals surface area (Å²) in [6.07, 6.45) is 1.78. The Morgan fingerprint density at radius 2 is 2.00 bits per heavy atom. The molecule has 1 rings (SSSR count). The van der Waals surface area contributed by atoms with Gasteiger partial charge in [0.2, 0.25) is 0 Å². The van der Waals surface area contributed by atoms with Crippen molar-refractivity contribution in [2.45, 2.75) is 6.92 Å². The lowest BCUT2D eigenvalue weighted by Gasteiger charge is -2.11. The minimum Gasteiger partial charge on any atom is -0.480 e. The van der Waals surface area contributed by atoms with Crippen LogP contribution in [0.15, 0.2) is 35.9 Å². The summed E-state index contributed by atoms with van der Waals surface area (Å²) in [6.45, 7) is 1.71. The maximum absolute atomic E-state index is 11.0. The first kappa shape index (κ1) is 12.4. The molecule has 0 heterocycles. The molecule has 0 fully saturated rings. The fourth-order valence-corrected chi connectivity index (χ4v) is 1.72. The normalized spacial score (nSPS) is 13.2. The molecule has 84 valence electrons. The Kier molecular flexibility index (Phi) is 4.19. The zero-order chi connectivity index (χ0) is 12.1. The second-order valence-corrected chi connectivity index (χ2v) is 3.94. The number of carboxylic acids is 1. The van der Waals surface area contributed by atoms with Crippen molar-refractivity contribution in [3.8, 4) is 0 Å². The standard InChI is InChI=1S/C12H13NO2S/c1-8(10(11(13)16)12(14)15)7-9-5-3-2-4-6-9/h2-7,10H,1H3,(H2,13,16)(H,14,15)/b8-7+/t10-/m0/s1. The van der Waals surface area contributed by atoms with Gasteiger partial charge in [0.1, 0.15) is 5.92 Å². The van der Waals surface area contributed by atoms with Gasteiger partial charge in [-0.05, 0) is 12.5 Å². The SMILES string of the molecule is C/C(=C\c1ccccc1)[C@H](C(=O)O)C(N)=S. The van der Waals surface area contributed by atoms with Gasteiger partial charge in [0.15, 0.2) is 0 Å². The highest BCUT2D eigenvalue weighted by molar-refractivity contribution is 7.80. The van der Waals surface area contributed by atoms with E-state index in [0.29, 0.717) is 5.57 Å². The summed E-state index contributed by atoms with van der Waals surface area (Å²) in [5, 5.41) is 8.98. The van der Waals surface area contributed by atoms with Gasteiger partial charge in [0.25, 0.3) is 0 Å². The first-order chi connectivity index (χ1) is 7.52. The van der Waals surface area contributed by atoms with E-state index in [1.54, 1.807) is 13.0 Å². The van der Waals surface area contributed by atoms with Gasteiger partial charge in [-0.2, -0.15) is 0 Å². The Labute approximate surface area is 99.6 Å². The van der Waals surface area contributed by atoms with Crippen LogP contribution in [0.25, 0.3) is 6.08 Å². The van der Waals surface area contributed by atoms with Gasteiger partial charge in [0.05, 0.1) is 4.99 Å². The molecule has 3 nitrogen and oxygen atoms in total. The Balaban J connectivity index is 3.00. The monoisotopic (exact) mass is 235 g/mol. The van der Waals surface area contributed by atoms with E-state index in [2.05, 4.69) is 0 Å². The van der Waals surface area contributed by atoms with Crippen molar-refractivity contribution < 1.29 is 9.90 Å². The summed E-state index contributed by atoms with van der Waals surface area (Å²) in [5.41, 5.74) is 6.97. The summed E-state index contributed by atoms with van der Waals surface area (Å²) in [6, 6.07) is 9.45. The highest BCUT2D eigenvalue weighted by atomic mass is 32.1. The maximum Gasteiger partial charge on any atom is 0.317 e. The van der Waals surface area contributed by atoms with Gasteiger partial charge in [-0.1, -0.05) is 54.2 Å². The van der Waals surface area contributed by atoms with Crippen LogP contribution in [0, 0.1) is 5.92 Å². The van der Waals surface area contributed by atoms with Crippen LogP contribution >= 0.6 is 12.2 Å². The number of carboxylic acid groups (broad SMARTS) is 1. The predicted molar refractivity (Wildman–Crippen MR) is 68.0 cm³/mol. The van der Waals surface area contributed by atoms with Crippen molar-refractivity contribution in [3.05, 3.63) is 41.5 Å². The number of benzene rings is 1. The van der Waals surface area contributed by atoms with E-state index in [-0.39, 0.29) is 4.99 Å². The molecule has 1 aromatic carbocycles. The summed E-state index contributed by atoms with van der Waals surface area (Å²) in [7, 11) is 0. The van der Waals surface area contributed by atoms with Crippen molar-refractivity contribution in [1.29, 1.82) is 0 Å². The molecule has 0 radical (unpaired) electrons. The Hall–Kier alpha value is -1.68. The molecule has 1 atom stereocenters. The second kappa shape index (κ2) is 5.42. The van der Waals surface area contributed by atoms with E-state index < -0.39 is 11.9 Å². The highest BCUT2D eigenvalue weighted by Crippen LogP contribution is 2.15. The third-order valence-corrected chi connectivity index (χ3v) is 2.42. The molecule has 4 heteroatoms. The van der Waals surface area contributed by atoms with Gasteiger partial charge < -0.3 is 10.8 Å². The number of hydrogen-bond donors (Lipinski definition) is 2. The minimum absolute atomic E-state index is 0.0165. The van der Waals surface area contributed by atoms with Crippen LogP contribution in [0.5, 0.6) is 0 Å². The molecule has 0 aliphatic heterocycles. The van der Waals surface area contributed by atoms with Crippen LogP contribution in [-0.4, -0.2) is 16.1 Å². The first-order valence-corrected chi connectivity index (χ1v) is 5.18. The summed E-state index contributed by atoms with van der Waals surface area (Å²) in [4.78, 5) is 10.9. The van der Waals surface area contributed by atoms with E-state index >= 15 is 0 Å². The van der Waals surface area contributed by atoms with Crippen molar-refractivity contribution in [2.75, 3.05) is 0 Å². The molecule has 0 unspecified atom stereocenters. The van der Waals surface area contributed by atoms with Crippen molar-refractivity contribution >= 4 is 29.3 Å². The molecule has 0 saturated carbocycles. The molecular weight excluding hydrogens is 222 g/mol. The van der Waals surface area contributed by atoms with Crippen LogP contribution < -0.4 is 5.73 Å². The summed E-state index contributed by atoms with van der Waals surface area (Å²) in [5.74, 6) is -1.91. The maximum atomic E-state index is 11.0. The molecule has 0 aliphatic carbocycles. The van der Waals surface area contributed by atoms with Crippen molar-refractivity contribution in [3.63, 3.8) is 0 Å². The molecule has 0 amide bonds. The number of nitrogens with two attached hydrogens (primary N) is 1. The quantitative estimate of drug-likeness (QED) is 0.784.